The Hall–Kier alpha value is -4.13. The van der Waals surface area contributed by atoms with E-state index in [0.29, 0.717) is 29.4 Å². The standard InChI is InChI=1S/C25H25N3O4/c1-17-8-7-9-18(2)23(17)27-24(29)25(30)28-26-15-20-12-13-21(22(14-20)31-3)32-16-19-10-5-4-6-11-19/h4-15H,16H2,1-3H3,(H,27,29)(H,28,30)/b26-15-. The van der Waals surface area contributed by atoms with E-state index in [4.69, 9.17) is 9.47 Å². The van der Waals surface area contributed by atoms with Crippen LogP contribution in [-0.4, -0.2) is 25.1 Å². The number of carbonyl (C=O) groups is 2. The summed E-state index contributed by atoms with van der Waals surface area (Å²) in [5.74, 6) is -0.532. The fourth-order valence-electron chi connectivity index (χ4n) is 3.02. The Bertz CT molecular complexity index is 1110. The molecule has 3 rings (SSSR count). The molecule has 2 N–H and O–H groups in total. The van der Waals surface area contributed by atoms with Gasteiger partial charge in [-0.3, -0.25) is 9.59 Å². The molecule has 0 unspecified atom stereocenters. The van der Waals surface area contributed by atoms with Crippen LogP contribution in [0.5, 0.6) is 11.5 Å². The van der Waals surface area contributed by atoms with Gasteiger partial charge in [0.1, 0.15) is 6.61 Å². The summed E-state index contributed by atoms with van der Waals surface area (Å²) >= 11 is 0. The van der Waals surface area contributed by atoms with Gasteiger partial charge in [-0.05, 0) is 54.3 Å². The van der Waals surface area contributed by atoms with Gasteiger partial charge < -0.3 is 14.8 Å². The van der Waals surface area contributed by atoms with Crippen LogP contribution in [-0.2, 0) is 16.2 Å². The first-order valence-corrected chi connectivity index (χ1v) is 10.0. The molecule has 0 spiro atoms. The predicted molar refractivity (Wildman–Crippen MR) is 124 cm³/mol. The molecule has 32 heavy (non-hydrogen) atoms. The van der Waals surface area contributed by atoms with Gasteiger partial charge in [0.05, 0.1) is 13.3 Å². The van der Waals surface area contributed by atoms with E-state index in [1.54, 1.807) is 25.3 Å². The van der Waals surface area contributed by atoms with E-state index in [-0.39, 0.29) is 0 Å². The topological polar surface area (TPSA) is 89.0 Å². The first-order chi connectivity index (χ1) is 15.5. The Morgan fingerprint density at radius 1 is 0.906 bits per heavy atom. The highest BCUT2D eigenvalue weighted by Crippen LogP contribution is 2.28. The maximum Gasteiger partial charge on any atom is 0.329 e. The molecule has 164 valence electrons. The molecule has 0 bridgehead atoms. The smallest absolute Gasteiger partial charge is 0.329 e. The molecule has 0 saturated carbocycles. The van der Waals surface area contributed by atoms with Crippen LogP contribution in [0.4, 0.5) is 5.69 Å². The van der Waals surface area contributed by atoms with Crippen LogP contribution < -0.4 is 20.2 Å². The molecule has 2 amide bonds. The van der Waals surface area contributed by atoms with Gasteiger partial charge in [-0.15, -0.1) is 0 Å². The lowest BCUT2D eigenvalue weighted by molar-refractivity contribution is -0.136. The van der Waals surface area contributed by atoms with Crippen molar-refractivity contribution in [3.05, 3.63) is 89.0 Å². The zero-order valence-electron chi connectivity index (χ0n) is 18.2. The molecule has 3 aromatic carbocycles. The second kappa shape index (κ2) is 10.8. The number of ether oxygens (including phenoxy) is 2. The number of hydrogen-bond acceptors (Lipinski definition) is 5. The van der Waals surface area contributed by atoms with Crippen LogP contribution >= 0.6 is 0 Å². The van der Waals surface area contributed by atoms with Crippen molar-refractivity contribution in [2.45, 2.75) is 20.5 Å². The van der Waals surface area contributed by atoms with Gasteiger partial charge in [-0.25, -0.2) is 5.43 Å². The maximum absolute atomic E-state index is 12.2. The summed E-state index contributed by atoms with van der Waals surface area (Å²) in [4.78, 5) is 24.2. The number of hydrogen-bond donors (Lipinski definition) is 2. The predicted octanol–water partition coefficient (Wildman–Crippen LogP) is 3.98. The third-order valence-electron chi connectivity index (χ3n) is 4.73. The number of carbonyl (C=O) groups excluding carboxylic acids is 2. The minimum absolute atomic E-state index is 0.413. The summed E-state index contributed by atoms with van der Waals surface area (Å²) in [5.41, 5.74) is 6.31. The summed E-state index contributed by atoms with van der Waals surface area (Å²) in [6.45, 7) is 4.13. The van der Waals surface area contributed by atoms with Gasteiger partial charge in [0.25, 0.3) is 0 Å². The van der Waals surface area contributed by atoms with E-state index in [2.05, 4.69) is 15.8 Å². The molecular weight excluding hydrogens is 406 g/mol. The van der Waals surface area contributed by atoms with Gasteiger partial charge in [0.15, 0.2) is 11.5 Å². The minimum atomic E-state index is -0.862. The Labute approximate surface area is 187 Å². The molecule has 0 fully saturated rings. The van der Waals surface area contributed by atoms with Gasteiger partial charge in [0, 0.05) is 5.69 Å². The summed E-state index contributed by atoms with van der Waals surface area (Å²) < 4.78 is 11.2. The fraction of sp³-hybridized carbons (Fsp3) is 0.160. The number of rotatable bonds is 7. The van der Waals surface area contributed by atoms with Crippen LogP contribution in [0.3, 0.4) is 0 Å². The number of aryl methyl sites for hydroxylation is 2. The second-order valence-corrected chi connectivity index (χ2v) is 7.10. The van der Waals surface area contributed by atoms with Gasteiger partial charge in [-0.1, -0.05) is 48.5 Å². The lowest BCUT2D eigenvalue weighted by Gasteiger charge is -2.11. The Balaban J connectivity index is 1.58. The number of amides is 2. The van der Waals surface area contributed by atoms with Crippen LogP contribution in [0.15, 0.2) is 71.8 Å². The number of anilines is 1. The Morgan fingerprint density at radius 3 is 2.31 bits per heavy atom. The largest absolute Gasteiger partial charge is 0.493 e. The quantitative estimate of drug-likeness (QED) is 0.336. The molecule has 7 heteroatoms. The summed E-state index contributed by atoms with van der Waals surface area (Å²) in [5, 5.41) is 6.48. The maximum atomic E-state index is 12.2. The van der Waals surface area contributed by atoms with Crippen molar-refractivity contribution in [3.63, 3.8) is 0 Å². The summed E-state index contributed by atoms with van der Waals surface area (Å²) in [6, 6.07) is 20.7. The summed E-state index contributed by atoms with van der Waals surface area (Å²) in [7, 11) is 1.55. The SMILES string of the molecule is COc1cc(/C=N\NC(=O)C(=O)Nc2c(C)cccc2C)ccc1OCc1ccccc1. The molecule has 0 aliphatic rings. The number of benzene rings is 3. The highest BCUT2D eigenvalue weighted by atomic mass is 16.5. The van der Waals surface area contributed by atoms with E-state index in [1.807, 2.05) is 62.4 Å². The minimum Gasteiger partial charge on any atom is -0.493 e. The van der Waals surface area contributed by atoms with Crippen molar-refractivity contribution < 1.29 is 19.1 Å². The van der Waals surface area contributed by atoms with Crippen LogP contribution in [0.1, 0.15) is 22.3 Å². The summed E-state index contributed by atoms with van der Waals surface area (Å²) in [6.07, 6.45) is 1.42. The van der Waals surface area contributed by atoms with Crippen molar-refractivity contribution in [2.75, 3.05) is 12.4 Å². The third kappa shape index (κ3) is 5.95. The number of para-hydroxylation sites is 1. The molecule has 0 radical (unpaired) electrons. The van der Waals surface area contributed by atoms with Crippen molar-refractivity contribution in [1.82, 2.24) is 5.43 Å². The second-order valence-electron chi connectivity index (χ2n) is 7.10. The van der Waals surface area contributed by atoms with Crippen molar-refractivity contribution in [3.8, 4) is 11.5 Å². The van der Waals surface area contributed by atoms with Crippen LogP contribution in [0.2, 0.25) is 0 Å². The molecule has 0 aromatic heterocycles. The highest BCUT2D eigenvalue weighted by molar-refractivity contribution is 6.39. The van der Waals surface area contributed by atoms with Gasteiger partial charge >= 0.3 is 11.8 Å². The number of nitrogens with zero attached hydrogens (tertiary/aromatic N) is 1. The fourth-order valence-corrected chi connectivity index (χ4v) is 3.02. The van der Waals surface area contributed by atoms with Crippen molar-refractivity contribution >= 4 is 23.7 Å². The van der Waals surface area contributed by atoms with Gasteiger partial charge in [0.2, 0.25) is 0 Å². The zero-order valence-corrected chi connectivity index (χ0v) is 18.2. The van der Waals surface area contributed by atoms with E-state index in [0.717, 1.165) is 16.7 Å². The van der Waals surface area contributed by atoms with Crippen LogP contribution in [0, 0.1) is 13.8 Å². The molecule has 3 aromatic rings. The highest BCUT2D eigenvalue weighted by Gasteiger charge is 2.15. The van der Waals surface area contributed by atoms with Crippen LogP contribution in [0.25, 0.3) is 0 Å². The molecule has 0 aliphatic heterocycles. The Morgan fingerprint density at radius 2 is 1.62 bits per heavy atom. The zero-order chi connectivity index (χ0) is 22.9. The lowest BCUT2D eigenvalue weighted by Crippen LogP contribution is -2.32. The number of hydrazone groups is 1. The monoisotopic (exact) mass is 431 g/mol. The van der Waals surface area contributed by atoms with E-state index < -0.39 is 11.8 Å². The number of nitrogens with one attached hydrogen (secondary N) is 2. The molecule has 0 atom stereocenters. The van der Waals surface area contributed by atoms with Crippen molar-refractivity contribution in [1.29, 1.82) is 0 Å². The third-order valence-corrected chi connectivity index (χ3v) is 4.73. The molecule has 0 saturated heterocycles. The first kappa shape index (κ1) is 22.6. The van der Waals surface area contributed by atoms with E-state index >= 15 is 0 Å². The van der Waals surface area contributed by atoms with E-state index in [1.165, 1.54) is 6.21 Å². The van der Waals surface area contributed by atoms with E-state index in [9.17, 15) is 9.59 Å². The van der Waals surface area contributed by atoms with Crippen molar-refractivity contribution in [2.24, 2.45) is 5.10 Å². The molecule has 0 aliphatic carbocycles. The number of methoxy groups -OCH3 is 1. The molecule has 7 nitrogen and oxygen atoms in total. The lowest BCUT2D eigenvalue weighted by atomic mass is 10.1. The average Bonchev–Trinajstić information content (AvgIpc) is 2.81. The molecular formula is C25H25N3O4. The van der Waals surface area contributed by atoms with Gasteiger partial charge in [-0.2, -0.15) is 5.10 Å². The first-order valence-electron chi connectivity index (χ1n) is 10.0. The normalized spacial score (nSPS) is 10.6. The Kier molecular flexibility index (Phi) is 7.59. The molecule has 0 heterocycles. The average molecular weight is 431 g/mol.